The van der Waals surface area contributed by atoms with Gasteiger partial charge in [-0.05, 0) is 12.8 Å². The minimum atomic E-state index is -0.135. The van der Waals surface area contributed by atoms with Crippen molar-refractivity contribution < 1.29 is 5.11 Å². The van der Waals surface area contributed by atoms with E-state index in [9.17, 15) is 5.11 Å². The second-order valence-electron chi connectivity index (χ2n) is 3.74. The minimum absolute atomic E-state index is 0.135. The first kappa shape index (κ1) is 9.86. The molecule has 0 aliphatic heterocycles. The molecule has 1 aliphatic carbocycles. The van der Waals surface area contributed by atoms with Crippen LogP contribution in [0.1, 0.15) is 25.7 Å². The van der Waals surface area contributed by atoms with E-state index in [0.29, 0.717) is 5.92 Å². The van der Waals surface area contributed by atoms with Crippen molar-refractivity contribution in [3.05, 3.63) is 5.51 Å². The van der Waals surface area contributed by atoms with Gasteiger partial charge in [0.1, 0.15) is 5.51 Å². The molecule has 1 aromatic heterocycles. The molecule has 1 aliphatic rings. The summed E-state index contributed by atoms with van der Waals surface area (Å²) in [5, 5.41) is 21.4. The van der Waals surface area contributed by atoms with E-state index < -0.39 is 0 Å². The molecule has 5 heteroatoms. The van der Waals surface area contributed by atoms with E-state index >= 15 is 0 Å². The third-order valence-electron chi connectivity index (χ3n) is 2.74. The molecule has 1 heterocycles. The molecule has 2 rings (SSSR count). The molecular weight excluding hydrogens is 198 g/mol. The maximum absolute atomic E-state index is 9.72. The Bertz CT molecular complexity index is 265. The van der Waals surface area contributed by atoms with Crippen LogP contribution >= 0.6 is 11.3 Å². The topological polar surface area (TPSA) is 58.0 Å². The number of hydrogen-bond acceptors (Lipinski definition) is 5. The first-order valence-electron chi connectivity index (χ1n) is 5.04. The molecule has 0 aromatic carbocycles. The SMILES string of the molecule is OC1CCCCC1CNc1nncs1. The van der Waals surface area contributed by atoms with Crippen LogP contribution in [0.2, 0.25) is 0 Å². The van der Waals surface area contributed by atoms with Crippen molar-refractivity contribution in [2.45, 2.75) is 31.8 Å². The molecule has 0 amide bonds. The normalized spacial score (nSPS) is 27.5. The quantitative estimate of drug-likeness (QED) is 0.799. The molecular formula is C9H15N3OS. The lowest BCUT2D eigenvalue weighted by Gasteiger charge is -2.27. The first-order chi connectivity index (χ1) is 6.86. The van der Waals surface area contributed by atoms with Crippen LogP contribution in [-0.2, 0) is 0 Å². The molecule has 2 unspecified atom stereocenters. The van der Waals surface area contributed by atoms with Gasteiger partial charge in [-0.25, -0.2) is 0 Å². The summed E-state index contributed by atoms with van der Waals surface area (Å²) in [5.41, 5.74) is 1.71. The zero-order chi connectivity index (χ0) is 9.80. The van der Waals surface area contributed by atoms with Crippen molar-refractivity contribution in [1.29, 1.82) is 0 Å². The van der Waals surface area contributed by atoms with E-state index in [-0.39, 0.29) is 6.10 Å². The van der Waals surface area contributed by atoms with E-state index in [1.807, 2.05) is 0 Å². The maximum atomic E-state index is 9.72. The molecule has 1 fully saturated rings. The van der Waals surface area contributed by atoms with Crippen LogP contribution in [0.4, 0.5) is 5.13 Å². The van der Waals surface area contributed by atoms with Gasteiger partial charge in [-0.15, -0.1) is 10.2 Å². The van der Waals surface area contributed by atoms with E-state index in [1.54, 1.807) is 5.51 Å². The lowest BCUT2D eigenvalue weighted by Crippen LogP contribution is -2.30. The summed E-state index contributed by atoms with van der Waals surface area (Å²) in [5.74, 6) is 0.382. The maximum Gasteiger partial charge on any atom is 0.205 e. The highest BCUT2D eigenvalue weighted by Crippen LogP contribution is 2.24. The number of aliphatic hydroxyl groups excluding tert-OH is 1. The van der Waals surface area contributed by atoms with Crippen LogP contribution in [-0.4, -0.2) is 28.0 Å². The van der Waals surface area contributed by atoms with Crippen LogP contribution < -0.4 is 5.32 Å². The molecule has 2 atom stereocenters. The Balaban J connectivity index is 1.79. The number of nitrogens with one attached hydrogen (secondary N) is 1. The van der Waals surface area contributed by atoms with Gasteiger partial charge in [-0.2, -0.15) is 0 Å². The summed E-state index contributed by atoms with van der Waals surface area (Å²) in [4.78, 5) is 0. The summed E-state index contributed by atoms with van der Waals surface area (Å²) in [6.07, 6.45) is 4.33. The average Bonchev–Trinajstić information content (AvgIpc) is 2.69. The molecule has 78 valence electrons. The second-order valence-corrected chi connectivity index (χ2v) is 4.57. The Hall–Kier alpha value is -0.680. The Morgan fingerprint density at radius 2 is 2.36 bits per heavy atom. The second kappa shape index (κ2) is 4.70. The standard InChI is InChI=1S/C9H15N3OS/c13-8-4-2-1-3-7(8)5-10-9-12-11-6-14-9/h6-8,13H,1-5H2,(H,10,12). The van der Waals surface area contributed by atoms with Crippen molar-refractivity contribution in [3.63, 3.8) is 0 Å². The minimum Gasteiger partial charge on any atom is -0.393 e. The van der Waals surface area contributed by atoms with Gasteiger partial charge in [-0.3, -0.25) is 0 Å². The Morgan fingerprint density at radius 1 is 1.50 bits per heavy atom. The predicted molar refractivity (Wildman–Crippen MR) is 56.4 cm³/mol. The number of nitrogens with zero attached hydrogens (tertiary/aromatic N) is 2. The van der Waals surface area contributed by atoms with Crippen LogP contribution in [0, 0.1) is 5.92 Å². The van der Waals surface area contributed by atoms with E-state index in [4.69, 9.17) is 0 Å². The van der Waals surface area contributed by atoms with E-state index in [0.717, 1.165) is 30.9 Å². The fourth-order valence-electron chi connectivity index (χ4n) is 1.89. The Labute approximate surface area is 87.4 Å². The summed E-state index contributed by atoms with van der Waals surface area (Å²) in [7, 11) is 0. The summed E-state index contributed by atoms with van der Waals surface area (Å²) in [6, 6.07) is 0. The van der Waals surface area contributed by atoms with Crippen LogP contribution in [0.5, 0.6) is 0 Å². The van der Waals surface area contributed by atoms with Crippen molar-refractivity contribution >= 4 is 16.5 Å². The van der Waals surface area contributed by atoms with Crippen molar-refractivity contribution in [2.24, 2.45) is 5.92 Å². The predicted octanol–water partition coefficient (Wildman–Crippen LogP) is 1.50. The molecule has 1 saturated carbocycles. The van der Waals surface area contributed by atoms with Gasteiger partial charge in [0.2, 0.25) is 5.13 Å². The van der Waals surface area contributed by atoms with Gasteiger partial charge in [-0.1, -0.05) is 24.2 Å². The van der Waals surface area contributed by atoms with Crippen molar-refractivity contribution in [3.8, 4) is 0 Å². The average molecular weight is 213 g/mol. The number of anilines is 1. The van der Waals surface area contributed by atoms with Gasteiger partial charge in [0.15, 0.2) is 0 Å². The van der Waals surface area contributed by atoms with Gasteiger partial charge >= 0.3 is 0 Å². The van der Waals surface area contributed by atoms with Crippen LogP contribution in [0.3, 0.4) is 0 Å². The van der Waals surface area contributed by atoms with Gasteiger partial charge < -0.3 is 10.4 Å². The lowest BCUT2D eigenvalue weighted by molar-refractivity contribution is 0.0763. The molecule has 0 spiro atoms. The summed E-state index contributed by atoms with van der Waals surface area (Å²) >= 11 is 1.50. The molecule has 0 bridgehead atoms. The fourth-order valence-corrected chi connectivity index (χ4v) is 2.35. The molecule has 0 radical (unpaired) electrons. The number of aliphatic hydroxyl groups is 1. The van der Waals surface area contributed by atoms with Crippen LogP contribution in [0.15, 0.2) is 5.51 Å². The van der Waals surface area contributed by atoms with E-state index in [2.05, 4.69) is 15.5 Å². The highest BCUT2D eigenvalue weighted by molar-refractivity contribution is 7.13. The Morgan fingerprint density at radius 3 is 3.07 bits per heavy atom. The fraction of sp³-hybridized carbons (Fsp3) is 0.778. The third-order valence-corrected chi connectivity index (χ3v) is 3.39. The van der Waals surface area contributed by atoms with Gasteiger partial charge in [0, 0.05) is 12.5 Å². The van der Waals surface area contributed by atoms with Gasteiger partial charge in [0.25, 0.3) is 0 Å². The molecule has 14 heavy (non-hydrogen) atoms. The lowest BCUT2D eigenvalue weighted by atomic mass is 9.86. The van der Waals surface area contributed by atoms with E-state index in [1.165, 1.54) is 17.8 Å². The summed E-state index contributed by atoms with van der Waals surface area (Å²) < 4.78 is 0. The number of hydrogen-bond donors (Lipinski definition) is 2. The zero-order valence-electron chi connectivity index (χ0n) is 8.02. The number of aromatic nitrogens is 2. The number of rotatable bonds is 3. The molecule has 2 N–H and O–H groups in total. The third kappa shape index (κ3) is 2.42. The summed E-state index contributed by atoms with van der Waals surface area (Å²) in [6.45, 7) is 0.816. The van der Waals surface area contributed by atoms with Crippen molar-refractivity contribution in [1.82, 2.24) is 10.2 Å². The highest BCUT2D eigenvalue weighted by atomic mass is 32.1. The molecule has 4 nitrogen and oxygen atoms in total. The smallest absolute Gasteiger partial charge is 0.205 e. The highest BCUT2D eigenvalue weighted by Gasteiger charge is 2.22. The zero-order valence-corrected chi connectivity index (χ0v) is 8.83. The monoisotopic (exact) mass is 213 g/mol. The largest absolute Gasteiger partial charge is 0.393 e. The first-order valence-corrected chi connectivity index (χ1v) is 5.92. The molecule has 0 saturated heterocycles. The van der Waals surface area contributed by atoms with Gasteiger partial charge in [0.05, 0.1) is 6.10 Å². The van der Waals surface area contributed by atoms with Crippen molar-refractivity contribution in [2.75, 3.05) is 11.9 Å². The molecule has 1 aromatic rings. The van der Waals surface area contributed by atoms with Crippen LogP contribution in [0.25, 0.3) is 0 Å². The Kier molecular flexibility index (Phi) is 3.31.